The molecule has 0 aromatic heterocycles. The van der Waals surface area contributed by atoms with Gasteiger partial charge in [-0.25, -0.2) is 4.39 Å². The van der Waals surface area contributed by atoms with Crippen molar-refractivity contribution in [2.24, 2.45) is 0 Å². The van der Waals surface area contributed by atoms with E-state index in [0.29, 0.717) is 48.7 Å². The Balaban J connectivity index is 1.75. The molecule has 1 atom stereocenters. The summed E-state index contributed by atoms with van der Waals surface area (Å²) in [5, 5.41) is 11.2. The lowest BCUT2D eigenvalue weighted by Crippen LogP contribution is -2.42. The number of aryl methyl sites for hydroxylation is 1. The normalized spacial score (nSPS) is 20.9. The summed E-state index contributed by atoms with van der Waals surface area (Å²) in [6.07, 6.45) is 0. The fourth-order valence-electron chi connectivity index (χ4n) is 4.35. The molecule has 2 aliphatic rings. The number of carbonyl (C=O) groups excluding carboxylic acids is 2. The van der Waals surface area contributed by atoms with Gasteiger partial charge in [-0.3, -0.25) is 14.5 Å². The fraction of sp³-hybridized carbons (Fsp3) is 0.360. The molecule has 7 nitrogen and oxygen atoms in total. The van der Waals surface area contributed by atoms with Crippen molar-refractivity contribution in [2.75, 3.05) is 46.5 Å². The Hall–Kier alpha value is -3.23. The number of rotatable bonds is 6. The molecule has 0 bridgehead atoms. The van der Waals surface area contributed by atoms with E-state index in [1.807, 2.05) is 0 Å². The number of amides is 1. The van der Waals surface area contributed by atoms with Crippen LogP contribution in [0.1, 0.15) is 22.7 Å². The van der Waals surface area contributed by atoms with Gasteiger partial charge >= 0.3 is 0 Å². The number of methoxy groups -OCH3 is 1. The van der Waals surface area contributed by atoms with Gasteiger partial charge in [0.05, 0.1) is 31.9 Å². The number of aliphatic hydroxyl groups is 1. The Morgan fingerprint density at radius 3 is 2.45 bits per heavy atom. The molecule has 0 spiro atoms. The van der Waals surface area contributed by atoms with Crippen LogP contribution >= 0.6 is 0 Å². The second-order valence-corrected chi connectivity index (χ2v) is 8.18. The Bertz CT molecular complexity index is 1080. The number of halogens is 1. The zero-order chi connectivity index (χ0) is 23.5. The largest absolute Gasteiger partial charge is 0.507 e. The van der Waals surface area contributed by atoms with Crippen LogP contribution < -0.4 is 4.74 Å². The van der Waals surface area contributed by atoms with Gasteiger partial charge in [0.25, 0.3) is 11.7 Å². The first kappa shape index (κ1) is 22.9. The number of hydrogen-bond acceptors (Lipinski definition) is 6. The zero-order valence-corrected chi connectivity index (χ0v) is 18.7. The number of Topliss-reactive ketones (excluding diaryl/α,β-unsaturated/α-hetero) is 1. The van der Waals surface area contributed by atoms with Crippen LogP contribution in [0.25, 0.3) is 5.76 Å². The van der Waals surface area contributed by atoms with E-state index in [-0.39, 0.29) is 11.3 Å². The third-order valence-electron chi connectivity index (χ3n) is 6.18. The molecule has 8 heteroatoms. The van der Waals surface area contributed by atoms with Crippen molar-refractivity contribution in [2.45, 2.75) is 13.0 Å². The van der Waals surface area contributed by atoms with Gasteiger partial charge in [0.1, 0.15) is 17.3 Å². The van der Waals surface area contributed by atoms with Gasteiger partial charge < -0.3 is 19.5 Å². The first-order chi connectivity index (χ1) is 15.9. The van der Waals surface area contributed by atoms with Crippen LogP contribution in [0, 0.1) is 12.7 Å². The molecule has 174 valence electrons. The van der Waals surface area contributed by atoms with Crippen molar-refractivity contribution in [3.05, 3.63) is 70.5 Å². The van der Waals surface area contributed by atoms with Gasteiger partial charge in [-0.05, 0) is 48.4 Å². The van der Waals surface area contributed by atoms with E-state index < -0.39 is 23.5 Å². The van der Waals surface area contributed by atoms with Crippen molar-refractivity contribution >= 4 is 17.4 Å². The van der Waals surface area contributed by atoms with Crippen LogP contribution in [0.4, 0.5) is 4.39 Å². The lowest BCUT2D eigenvalue weighted by atomic mass is 9.94. The van der Waals surface area contributed by atoms with Crippen LogP contribution in [-0.2, 0) is 14.3 Å². The number of nitrogens with zero attached hydrogens (tertiary/aromatic N) is 2. The number of ketones is 1. The molecule has 2 aromatic rings. The second kappa shape index (κ2) is 9.72. The van der Waals surface area contributed by atoms with Crippen LogP contribution in [0.15, 0.2) is 48.0 Å². The highest BCUT2D eigenvalue weighted by Crippen LogP contribution is 2.40. The summed E-state index contributed by atoms with van der Waals surface area (Å²) in [6.45, 7) is 5.39. The zero-order valence-electron chi connectivity index (χ0n) is 18.7. The molecular weight excluding hydrogens is 427 g/mol. The lowest BCUT2D eigenvalue weighted by molar-refractivity contribution is -0.140. The van der Waals surface area contributed by atoms with E-state index in [9.17, 15) is 19.1 Å². The SMILES string of the molecule is COc1ccc(C(O)=C2C(=O)C(=O)N(CCN3CCOCC3)[C@@H]2c2ccc(F)cc2)c(C)c1. The molecule has 1 N–H and O–H groups in total. The number of hydrogen-bond donors (Lipinski definition) is 1. The Morgan fingerprint density at radius 2 is 1.82 bits per heavy atom. The van der Waals surface area contributed by atoms with Crippen molar-refractivity contribution in [1.82, 2.24) is 9.80 Å². The minimum Gasteiger partial charge on any atom is -0.507 e. The minimum atomic E-state index is -0.812. The van der Waals surface area contributed by atoms with Gasteiger partial charge in [-0.1, -0.05) is 12.1 Å². The summed E-state index contributed by atoms with van der Waals surface area (Å²) < 4.78 is 24.2. The molecule has 2 fully saturated rings. The van der Waals surface area contributed by atoms with Crippen LogP contribution in [0.2, 0.25) is 0 Å². The van der Waals surface area contributed by atoms with Gasteiger partial charge in [0.15, 0.2) is 0 Å². The average molecular weight is 454 g/mol. The van der Waals surface area contributed by atoms with E-state index >= 15 is 0 Å². The maximum atomic E-state index is 13.6. The number of morpholine rings is 1. The van der Waals surface area contributed by atoms with Crippen molar-refractivity contribution < 1.29 is 28.6 Å². The van der Waals surface area contributed by atoms with Crippen LogP contribution in [-0.4, -0.2) is 73.1 Å². The molecule has 0 aliphatic carbocycles. The molecule has 0 saturated carbocycles. The molecule has 2 aliphatic heterocycles. The molecule has 33 heavy (non-hydrogen) atoms. The highest BCUT2D eigenvalue weighted by molar-refractivity contribution is 6.46. The first-order valence-corrected chi connectivity index (χ1v) is 10.9. The average Bonchev–Trinajstić information content (AvgIpc) is 3.08. The van der Waals surface area contributed by atoms with Gasteiger partial charge in [-0.2, -0.15) is 0 Å². The smallest absolute Gasteiger partial charge is 0.295 e. The van der Waals surface area contributed by atoms with Crippen LogP contribution in [0.3, 0.4) is 0 Å². The highest BCUT2D eigenvalue weighted by Gasteiger charge is 2.46. The van der Waals surface area contributed by atoms with Crippen molar-refractivity contribution in [3.8, 4) is 5.75 Å². The van der Waals surface area contributed by atoms with Gasteiger partial charge in [0.2, 0.25) is 0 Å². The van der Waals surface area contributed by atoms with E-state index in [1.54, 1.807) is 44.4 Å². The number of carbonyl (C=O) groups is 2. The highest BCUT2D eigenvalue weighted by atomic mass is 19.1. The van der Waals surface area contributed by atoms with Gasteiger partial charge in [0, 0.05) is 31.7 Å². The predicted molar refractivity (Wildman–Crippen MR) is 120 cm³/mol. The van der Waals surface area contributed by atoms with Crippen molar-refractivity contribution in [3.63, 3.8) is 0 Å². The Labute approximate surface area is 192 Å². The maximum absolute atomic E-state index is 13.6. The summed E-state index contributed by atoms with van der Waals surface area (Å²) >= 11 is 0. The lowest BCUT2D eigenvalue weighted by Gasteiger charge is -2.31. The Morgan fingerprint density at radius 1 is 1.12 bits per heavy atom. The second-order valence-electron chi connectivity index (χ2n) is 8.18. The predicted octanol–water partition coefficient (Wildman–Crippen LogP) is 2.90. The van der Waals surface area contributed by atoms with E-state index in [1.165, 1.54) is 17.0 Å². The molecule has 2 heterocycles. The fourth-order valence-corrected chi connectivity index (χ4v) is 4.35. The molecule has 0 unspecified atom stereocenters. The van der Waals surface area contributed by atoms with Crippen molar-refractivity contribution in [1.29, 1.82) is 0 Å². The van der Waals surface area contributed by atoms with E-state index in [0.717, 1.165) is 13.1 Å². The maximum Gasteiger partial charge on any atom is 0.295 e. The summed E-state index contributed by atoms with van der Waals surface area (Å²) in [6, 6.07) is 9.94. The Kier molecular flexibility index (Phi) is 6.76. The van der Waals surface area contributed by atoms with Crippen LogP contribution in [0.5, 0.6) is 5.75 Å². The summed E-state index contributed by atoms with van der Waals surface area (Å²) in [7, 11) is 1.54. The summed E-state index contributed by atoms with van der Waals surface area (Å²) in [5.74, 6) is -1.49. The molecule has 1 amide bonds. The number of aliphatic hydroxyl groups excluding tert-OH is 1. The first-order valence-electron chi connectivity index (χ1n) is 10.9. The third kappa shape index (κ3) is 4.62. The van der Waals surface area contributed by atoms with Gasteiger partial charge in [-0.15, -0.1) is 0 Å². The quantitative estimate of drug-likeness (QED) is 0.411. The molecule has 0 radical (unpaired) electrons. The van der Waals surface area contributed by atoms with E-state index in [2.05, 4.69) is 4.90 Å². The molecule has 4 rings (SSSR count). The number of ether oxygens (including phenoxy) is 2. The monoisotopic (exact) mass is 454 g/mol. The third-order valence-corrected chi connectivity index (χ3v) is 6.18. The topological polar surface area (TPSA) is 79.3 Å². The number of likely N-dealkylation sites (tertiary alicyclic amines) is 1. The summed E-state index contributed by atoms with van der Waals surface area (Å²) in [5.41, 5.74) is 1.70. The summed E-state index contributed by atoms with van der Waals surface area (Å²) in [4.78, 5) is 29.8. The molecule has 2 saturated heterocycles. The molecule has 2 aromatic carbocycles. The standard InChI is InChI=1S/C25H27FN2O5/c1-16-15-19(32-2)7-8-20(16)23(29)21-22(17-3-5-18(26)6-4-17)28(25(31)24(21)30)10-9-27-11-13-33-14-12-27/h3-8,15,22,29H,9-14H2,1-2H3/t22-/m1/s1. The number of benzene rings is 2. The molecular formula is C25H27FN2O5. The minimum absolute atomic E-state index is 0.00172. The van der Waals surface area contributed by atoms with E-state index in [4.69, 9.17) is 9.47 Å².